The Labute approximate surface area is 189 Å². The van der Waals surface area contributed by atoms with Gasteiger partial charge in [0, 0.05) is 19.3 Å². The molecule has 0 saturated heterocycles. The molecule has 2 heterocycles. The van der Waals surface area contributed by atoms with Gasteiger partial charge in [0.25, 0.3) is 5.91 Å². The standard InChI is InChI=1S/C22H19F2N3O3/c1-22(23,24)30-17-6-3-15(4-7-17)16-5-8-19-18(13-16)21(28)27(11-12-29-19)14-20-25-9-2-10-26-20/h2-10,13H,11-12,14H2,1H3/i2D,5D,8D,9D,10D,11D2,12D2,13D,14D2. The van der Waals surface area contributed by atoms with Gasteiger partial charge >= 0.3 is 6.11 Å². The minimum absolute atomic E-state index is 0.0576. The van der Waals surface area contributed by atoms with Crippen molar-refractivity contribution in [2.75, 3.05) is 13.1 Å². The van der Waals surface area contributed by atoms with Crippen LogP contribution in [0.1, 0.15) is 39.6 Å². The molecule has 1 aliphatic rings. The monoisotopic (exact) mass is 423 g/mol. The van der Waals surface area contributed by atoms with Crippen molar-refractivity contribution in [3.05, 3.63) is 72.2 Å². The van der Waals surface area contributed by atoms with Crippen molar-refractivity contribution in [1.29, 1.82) is 0 Å². The predicted molar refractivity (Wildman–Crippen MR) is 105 cm³/mol. The van der Waals surface area contributed by atoms with E-state index in [0.29, 0.717) is 6.92 Å². The van der Waals surface area contributed by atoms with Crippen molar-refractivity contribution in [3.63, 3.8) is 0 Å². The van der Waals surface area contributed by atoms with Crippen LogP contribution in [0.15, 0.2) is 60.8 Å². The number of hydrogen-bond donors (Lipinski definition) is 0. The molecule has 0 radical (unpaired) electrons. The highest BCUT2D eigenvalue weighted by atomic mass is 19.3. The van der Waals surface area contributed by atoms with E-state index in [1.54, 1.807) is 0 Å². The number of carbonyl (C=O) groups excluding carboxylic acids is 1. The molecule has 0 bridgehead atoms. The molecule has 30 heavy (non-hydrogen) atoms. The molecular weight excluding hydrogens is 392 g/mol. The van der Waals surface area contributed by atoms with Crippen molar-refractivity contribution in [3.8, 4) is 22.6 Å². The van der Waals surface area contributed by atoms with Crippen molar-refractivity contribution in [1.82, 2.24) is 14.9 Å². The van der Waals surface area contributed by atoms with Gasteiger partial charge in [0.1, 0.15) is 23.9 Å². The van der Waals surface area contributed by atoms with E-state index >= 15 is 0 Å². The molecule has 0 atom stereocenters. The molecule has 1 aromatic heterocycles. The lowest BCUT2D eigenvalue weighted by atomic mass is 10.0. The second-order valence-corrected chi connectivity index (χ2v) is 5.85. The first kappa shape index (κ1) is 9.97. The molecular formula is C22H19F2N3O3. The average Bonchev–Trinajstić information content (AvgIpc) is 2.91. The summed E-state index contributed by atoms with van der Waals surface area (Å²) < 4.78 is 135. The molecule has 2 aromatic carbocycles. The lowest BCUT2D eigenvalue weighted by molar-refractivity contribution is -0.158. The van der Waals surface area contributed by atoms with Crippen LogP contribution in [0.5, 0.6) is 11.5 Å². The molecule has 0 fully saturated rings. The summed E-state index contributed by atoms with van der Waals surface area (Å²) in [6.07, 6.45) is -5.42. The molecule has 0 saturated carbocycles. The van der Waals surface area contributed by atoms with Crippen LogP contribution in [0, 0.1) is 0 Å². The number of hydrogen-bond acceptors (Lipinski definition) is 5. The fourth-order valence-electron chi connectivity index (χ4n) is 2.39. The van der Waals surface area contributed by atoms with E-state index in [-0.39, 0.29) is 16.2 Å². The van der Waals surface area contributed by atoms with Gasteiger partial charge in [-0.3, -0.25) is 4.79 Å². The summed E-state index contributed by atoms with van der Waals surface area (Å²) in [5.74, 6) is -4.22. The molecule has 4 rings (SSSR count). The Morgan fingerprint density at radius 1 is 1.27 bits per heavy atom. The second-order valence-electron chi connectivity index (χ2n) is 5.85. The van der Waals surface area contributed by atoms with Crippen molar-refractivity contribution in [2.45, 2.75) is 19.5 Å². The molecule has 0 aliphatic carbocycles. The van der Waals surface area contributed by atoms with Crippen LogP contribution in [-0.4, -0.2) is 39.9 Å². The first-order chi connectivity index (χ1) is 19.1. The van der Waals surface area contributed by atoms with Crippen LogP contribution in [0.4, 0.5) is 8.78 Å². The van der Waals surface area contributed by atoms with Gasteiger partial charge in [0.05, 0.1) is 35.0 Å². The summed E-state index contributed by atoms with van der Waals surface area (Å²) in [6, 6.07) is 0.934. The Kier molecular flexibility index (Phi) is 2.68. The molecule has 0 N–H and O–H groups in total. The Balaban J connectivity index is 1.98. The van der Waals surface area contributed by atoms with E-state index in [4.69, 9.17) is 21.2 Å². The third-order valence-electron chi connectivity index (χ3n) is 3.59. The van der Waals surface area contributed by atoms with Gasteiger partial charge in [-0.25, -0.2) is 9.97 Å². The number of halogens is 2. The summed E-state index contributed by atoms with van der Waals surface area (Å²) in [5, 5.41) is 0. The minimum Gasteiger partial charge on any atom is -0.491 e. The van der Waals surface area contributed by atoms with Gasteiger partial charge in [-0.1, -0.05) is 18.2 Å². The van der Waals surface area contributed by atoms with Crippen LogP contribution < -0.4 is 9.47 Å². The number of aromatic nitrogens is 2. The highest BCUT2D eigenvalue weighted by molar-refractivity contribution is 5.98. The summed E-state index contributed by atoms with van der Waals surface area (Å²) in [4.78, 5) is 20.5. The van der Waals surface area contributed by atoms with Gasteiger partial charge < -0.3 is 14.4 Å². The Morgan fingerprint density at radius 3 is 2.70 bits per heavy atom. The normalized spacial score (nSPS) is 23.6. The van der Waals surface area contributed by atoms with Gasteiger partial charge in [-0.2, -0.15) is 8.78 Å². The number of carbonyl (C=O) groups is 1. The van der Waals surface area contributed by atoms with Crippen molar-refractivity contribution >= 4 is 5.91 Å². The Hall–Kier alpha value is -3.55. The van der Waals surface area contributed by atoms with Crippen LogP contribution >= 0.6 is 0 Å². The lowest BCUT2D eigenvalue weighted by Gasteiger charge is -2.19. The quantitative estimate of drug-likeness (QED) is 0.616. The minimum atomic E-state index is -3.73. The summed E-state index contributed by atoms with van der Waals surface area (Å²) in [5.41, 5.74) is -1.53. The zero-order valence-corrected chi connectivity index (χ0v) is 15.1. The number of amides is 1. The van der Waals surface area contributed by atoms with E-state index in [1.165, 1.54) is 0 Å². The summed E-state index contributed by atoms with van der Waals surface area (Å²) >= 11 is 0. The van der Waals surface area contributed by atoms with Crippen LogP contribution in [-0.2, 0) is 6.50 Å². The van der Waals surface area contributed by atoms with Crippen LogP contribution in [0.2, 0.25) is 0 Å². The van der Waals surface area contributed by atoms with E-state index in [0.717, 1.165) is 24.3 Å². The third-order valence-corrected chi connectivity index (χ3v) is 3.59. The van der Waals surface area contributed by atoms with E-state index < -0.39 is 90.8 Å². The molecule has 1 amide bonds. The molecule has 3 aromatic rings. The number of ether oxygens (including phenoxy) is 2. The van der Waals surface area contributed by atoms with Gasteiger partial charge in [-0.15, -0.1) is 0 Å². The van der Waals surface area contributed by atoms with Gasteiger partial charge in [-0.05, 0) is 41.4 Å². The Bertz CT molecular complexity index is 1580. The summed E-state index contributed by atoms with van der Waals surface area (Å²) in [7, 11) is 0. The maximum Gasteiger partial charge on any atom is 0.394 e. The maximum absolute atomic E-state index is 13.9. The van der Waals surface area contributed by atoms with Crippen molar-refractivity contribution in [2.24, 2.45) is 0 Å². The zero-order chi connectivity index (χ0) is 31.7. The lowest BCUT2D eigenvalue weighted by Crippen LogP contribution is -2.32. The van der Waals surface area contributed by atoms with Gasteiger partial charge in [0.15, 0.2) is 0 Å². The fourth-order valence-corrected chi connectivity index (χ4v) is 2.39. The topological polar surface area (TPSA) is 64.6 Å². The molecule has 0 unspecified atom stereocenters. The molecule has 0 spiro atoms. The molecule has 6 nitrogen and oxygen atoms in total. The van der Waals surface area contributed by atoms with Crippen LogP contribution in [0.3, 0.4) is 0 Å². The predicted octanol–water partition coefficient (Wildman–Crippen LogP) is 4.17. The summed E-state index contributed by atoms with van der Waals surface area (Å²) in [6.45, 7) is -10.4. The fraction of sp³-hybridized carbons (Fsp3) is 0.227. The average molecular weight is 423 g/mol. The Morgan fingerprint density at radius 2 is 2.00 bits per heavy atom. The highest BCUT2D eigenvalue weighted by Crippen LogP contribution is 2.31. The van der Waals surface area contributed by atoms with E-state index in [9.17, 15) is 13.6 Å². The number of nitrogens with zero attached hydrogens (tertiary/aromatic N) is 3. The SMILES string of the molecule is [2H]c1nc(C([2H])([2H])N2C(=O)c3c([2H])c(-c4ccc(OC(C)(F)F)cc4)c([2H])c([2H])c3OC([2H])([2H])C2([2H])[2H])nc([2H])c1[2H]. The van der Waals surface area contributed by atoms with Crippen LogP contribution in [0.25, 0.3) is 11.1 Å². The highest BCUT2D eigenvalue weighted by Gasteiger charge is 2.25. The number of alkyl halides is 2. The first-order valence-electron chi connectivity index (χ1n) is 14.3. The molecule has 8 heteroatoms. The molecule has 154 valence electrons. The third kappa shape index (κ3) is 4.53. The van der Waals surface area contributed by atoms with Crippen molar-refractivity contribution < 1.29 is 39.5 Å². The van der Waals surface area contributed by atoms with E-state index in [2.05, 4.69) is 14.7 Å². The maximum atomic E-state index is 13.9. The second kappa shape index (κ2) is 8.06. The zero-order valence-electron chi connectivity index (χ0n) is 27.1. The largest absolute Gasteiger partial charge is 0.491 e. The first-order valence-corrected chi connectivity index (χ1v) is 8.29. The smallest absolute Gasteiger partial charge is 0.394 e. The van der Waals surface area contributed by atoms with Gasteiger partial charge in [0.2, 0.25) is 0 Å². The number of fused-ring (bicyclic) bond motifs is 1. The van der Waals surface area contributed by atoms with E-state index in [1.807, 2.05) is 0 Å². The number of benzene rings is 2. The molecule has 1 aliphatic heterocycles. The number of rotatable bonds is 5.